The van der Waals surface area contributed by atoms with Gasteiger partial charge in [-0.15, -0.1) is 11.8 Å². The molecule has 0 aliphatic carbocycles. The zero-order valence-corrected chi connectivity index (χ0v) is 8.53. The molecule has 0 aliphatic rings. The fourth-order valence-corrected chi connectivity index (χ4v) is 1.49. The van der Waals surface area contributed by atoms with Crippen molar-refractivity contribution >= 4 is 11.8 Å². The molecule has 66 valence electrons. The molecule has 1 aromatic heterocycles. The van der Waals surface area contributed by atoms with Crippen LogP contribution in [0.1, 0.15) is 11.3 Å². The van der Waals surface area contributed by atoms with Gasteiger partial charge in [-0.1, -0.05) is 6.07 Å². The van der Waals surface area contributed by atoms with Crippen LogP contribution < -0.4 is 5.32 Å². The highest BCUT2D eigenvalue weighted by molar-refractivity contribution is 7.98. The highest BCUT2D eigenvalue weighted by Gasteiger charge is 1.99. The number of hydrogen-bond acceptors (Lipinski definition) is 3. The molecular weight excluding hydrogens is 168 g/mol. The summed E-state index contributed by atoms with van der Waals surface area (Å²) in [5.41, 5.74) is 2.39. The highest BCUT2D eigenvalue weighted by Crippen LogP contribution is 2.14. The SMILES string of the molecule is CNCc1ccc(SC)nc1C. The number of pyridine rings is 1. The summed E-state index contributed by atoms with van der Waals surface area (Å²) in [6.45, 7) is 2.94. The van der Waals surface area contributed by atoms with Crippen LogP contribution in [0.25, 0.3) is 0 Å². The Morgan fingerprint density at radius 2 is 2.25 bits per heavy atom. The van der Waals surface area contributed by atoms with Crippen LogP contribution in [0.15, 0.2) is 17.2 Å². The largest absolute Gasteiger partial charge is 0.316 e. The van der Waals surface area contributed by atoms with Gasteiger partial charge in [-0.25, -0.2) is 4.98 Å². The van der Waals surface area contributed by atoms with Gasteiger partial charge in [-0.05, 0) is 31.9 Å². The van der Waals surface area contributed by atoms with Gasteiger partial charge in [0.25, 0.3) is 0 Å². The average Bonchev–Trinajstić information content (AvgIpc) is 2.09. The molecule has 0 atom stereocenters. The summed E-state index contributed by atoms with van der Waals surface area (Å²) in [7, 11) is 1.95. The summed E-state index contributed by atoms with van der Waals surface area (Å²) in [6.07, 6.45) is 2.04. The van der Waals surface area contributed by atoms with Crippen molar-refractivity contribution in [1.82, 2.24) is 10.3 Å². The number of aryl methyl sites for hydroxylation is 1. The Balaban J connectivity index is 2.87. The zero-order chi connectivity index (χ0) is 8.97. The lowest BCUT2D eigenvalue weighted by atomic mass is 10.2. The summed E-state index contributed by atoms with van der Waals surface area (Å²) >= 11 is 1.68. The minimum absolute atomic E-state index is 0.896. The maximum atomic E-state index is 4.43. The van der Waals surface area contributed by atoms with Crippen molar-refractivity contribution in [3.63, 3.8) is 0 Å². The molecular formula is C9H14N2S. The van der Waals surface area contributed by atoms with Crippen molar-refractivity contribution in [1.29, 1.82) is 0 Å². The third kappa shape index (κ3) is 2.22. The molecule has 0 aliphatic heterocycles. The number of nitrogens with zero attached hydrogens (tertiary/aromatic N) is 1. The predicted octanol–water partition coefficient (Wildman–Crippen LogP) is 1.83. The molecule has 0 spiro atoms. The van der Waals surface area contributed by atoms with Crippen molar-refractivity contribution in [2.24, 2.45) is 0 Å². The maximum absolute atomic E-state index is 4.43. The maximum Gasteiger partial charge on any atom is 0.0960 e. The van der Waals surface area contributed by atoms with Gasteiger partial charge in [0.2, 0.25) is 0 Å². The monoisotopic (exact) mass is 182 g/mol. The Kier molecular flexibility index (Phi) is 3.56. The second kappa shape index (κ2) is 4.48. The molecule has 0 aromatic carbocycles. The zero-order valence-electron chi connectivity index (χ0n) is 7.72. The van der Waals surface area contributed by atoms with E-state index in [2.05, 4.69) is 22.4 Å². The molecule has 0 radical (unpaired) electrons. The van der Waals surface area contributed by atoms with Crippen LogP contribution in [0.2, 0.25) is 0 Å². The van der Waals surface area contributed by atoms with Crippen LogP contribution in [-0.4, -0.2) is 18.3 Å². The van der Waals surface area contributed by atoms with Crippen LogP contribution in [0.5, 0.6) is 0 Å². The van der Waals surface area contributed by atoms with E-state index in [1.165, 1.54) is 5.56 Å². The van der Waals surface area contributed by atoms with E-state index in [9.17, 15) is 0 Å². The molecule has 1 heterocycles. The molecule has 0 fully saturated rings. The number of nitrogens with one attached hydrogen (secondary N) is 1. The summed E-state index contributed by atoms with van der Waals surface area (Å²) in [4.78, 5) is 4.43. The third-order valence-corrected chi connectivity index (χ3v) is 2.39. The highest BCUT2D eigenvalue weighted by atomic mass is 32.2. The van der Waals surface area contributed by atoms with E-state index in [-0.39, 0.29) is 0 Å². The first kappa shape index (κ1) is 9.55. The first-order chi connectivity index (χ1) is 5.77. The fourth-order valence-electron chi connectivity index (χ4n) is 1.06. The average molecular weight is 182 g/mol. The molecule has 1 N–H and O–H groups in total. The Hall–Kier alpha value is -0.540. The Bertz CT molecular complexity index is 261. The molecule has 3 heteroatoms. The molecule has 1 rings (SSSR count). The van der Waals surface area contributed by atoms with E-state index in [4.69, 9.17) is 0 Å². The van der Waals surface area contributed by atoms with Crippen LogP contribution in [0, 0.1) is 6.92 Å². The van der Waals surface area contributed by atoms with Crippen molar-refractivity contribution < 1.29 is 0 Å². The van der Waals surface area contributed by atoms with E-state index < -0.39 is 0 Å². The van der Waals surface area contributed by atoms with E-state index in [0.29, 0.717) is 0 Å². The molecule has 1 aromatic rings. The number of hydrogen-bond donors (Lipinski definition) is 1. The lowest BCUT2D eigenvalue weighted by Crippen LogP contribution is -2.07. The first-order valence-electron chi connectivity index (χ1n) is 3.93. The number of rotatable bonds is 3. The van der Waals surface area contributed by atoms with Crippen molar-refractivity contribution in [3.8, 4) is 0 Å². The number of aromatic nitrogens is 1. The van der Waals surface area contributed by atoms with E-state index in [1.807, 2.05) is 20.2 Å². The summed E-state index contributed by atoms with van der Waals surface area (Å²) in [6, 6.07) is 4.19. The molecule has 0 amide bonds. The summed E-state index contributed by atoms with van der Waals surface area (Å²) < 4.78 is 0. The van der Waals surface area contributed by atoms with Gasteiger partial charge in [0.05, 0.1) is 5.03 Å². The normalized spacial score (nSPS) is 10.2. The quantitative estimate of drug-likeness (QED) is 0.722. The van der Waals surface area contributed by atoms with Gasteiger partial charge in [0.15, 0.2) is 0 Å². The molecule has 0 unspecified atom stereocenters. The second-order valence-corrected chi connectivity index (χ2v) is 3.46. The van der Waals surface area contributed by atoms with Crippen molar-refractivity contribution in [2.45, 2.75) is 18.5 Å². The minimum atomic E-state index is 0.896. The smallest absolute Gasteiger partial charge is 0.0960 e. The van der Waals surface area contributed by atoms with Gasteiger partial charge < -0.3 is 5.32 Å². The van der Waals surface area contributed by atoms with Crippen molar-refractivity contribution in [2.75, 3.05) is 13.3 Å². The van der Waals surface area contributed by atoms with E-state index in [1.54, 1.807) is 11.8 Å². The first-order valence-corrected chi connectivity index (χ1v) is 5.15. The van der Waals surface area contributed by atoms with E-state index in [0.717, 1.165) is 17.3 Å². The predicted molar refractivity (Wildman–Crippen MR) is 53.5 cm³/mol. The molecule has 2 nitrogen and oxygen atoms in total. The molecule has 0 saturated heterocycles. The van der Waals surface area contributed by atoms with Gasteiger partial charge in [0.1, 0.15) is 0 Å². The third-order valence-electron chi connectivity index (χ3n) is 1.75. The topological polar surface area (TPSA) is 24.9 Å². The lowest BCUT2D eigenvalue weighted by Gasteiger charge is -2.04. The van der Waals surface area contributed by atoms with E-state index >= 15 is 0 Å². The molecule has 12 heavy (non-hydrogen) atoms. The Labute approximate surface area is 77.8 Å². The van der Waals surface area contributed by atoms with Crippen LogP contribution in [0.4, 0.5) is 0 Å². The van der Waals surface area contributed by atoms with Gasteiger partial charge >= 0.3 is 0 Å². The van der Waals surface area contributed by atoms with Crippen LogP contribution >= 0.6 is 11.8 Å². The summed E-state index contributed by atoms with van der Waals surface area (Å²) in [5, 5.41) is 4.21. The standard InChI is InChI=1S/C9H14N2S/c1-7-8(6-10-2)4-5-9(11-7)12-3/h4-5,10H,6H2,1-3H3. The Morgan fingerprint density at radius 3 is 2.75 bits per heavy atom. The molecule has 0 saturated carbocycles. The molecule has 0 bridgehead atoms. The van der Waals surface area contributed by atoms with Gasteiger partial charge in [-0.3, -0.25) is 0 Å². The van der Waals surface area contributed by atoms with Gasteiger partial charge in [0, 0.05) is 12.2 Å². The van der Waals surface area contributed by atoms with Crippen molar-refractivity contribution in [3.05, 3.63) is 23.4 Å². The Morgan fingerprint density at radius 1 is 1.50 bits per heavy atom. The van der Waals surface area contributed by atoms with Crippen LogP contribution in [-0.2, 0) is 6.54 Å². The summed E-state index contributed by atoms with van der Waals surface area (Å²) in [5.74, 6) is 0. The second-order valence-electron chi connectivity index (χ2n) is 2.63. The van der Waals surface area contributed by atoms with Crippen LogP contribution in [0.3, 0.4) is 0 Å². The lowest BCUT2D eigenvalue weighted by molar-refractivity contribution is 0.799. The minimum Gasteiger partial charge on any atom is -0.316 e. The number of thioether (sulfide) groups is 1. The van der Waals surface area contributed by atoms with Gasteiger partial charge in [-0.2, -0.15) is 0 Å². The fraction of sp³-hybridized carbons (Fsp3) is 0.444.